The van der Waals surface area contributed by atoms with E-state index in [1.54, 1.807) is 12.2 Å². The number of ether oxygens (including phenoxy) is 3. The van der Waals surface area contributed by atoms with Crippen molar-refractivity contribution in [2.75, 3.05) is 13.2 Å². The average molecular weight is 1050 g/mol. The SMILES string of the molecule is CC/C=C\C/C=C\C/C=C\C/C=C\C/C=C\C/C=C\CC(O)C(=O)NC(COC1OC(CO)C(O)C(O)C1OC(=O)CCCCCCCCCCCCCCCCCCC)C(O)/C=C/CCCCCCCCCCC. The van der Waals surface area contributed by atoms with Gasteiger partial charge in [-0.05, 0) is 57.8 Å². The van der Waals surface area contributed by atoms with E-state index in [9.17, 15) is 35.1 Å². The van der Waals surface area contributed by atoms with Crippen LogP contribution in [0.1, 0.15) is 245 Å². The van der Waals surface area contributed by atoms with E-state index >= 15 is 0 Å². The highest BCUT2D eigenvalue weighted by Gasteiger charge is 2.47. The molecule has 1 heterocycles. The molecule has 11 nitrogen and oxygen atoms in total. The van der Waals surface area contributed by atoms with Crippen LogP contribution in [-0.4, -0.2) is 99.6 Å². The molecule has 0 spiro atoms. The Bertz CT molecular complexity index is 1540. The van der Waals surface area contributed by atoms with E-state index in [1.807, 2.05) is 18.2 Å². The van der Waals surface area contributed by atoms with Gasteiger partial charge in [0.2, 0.25) is 5.91 Å². The van der Waals surface area contributed by atoms with Gasteiger partial charge in [0.1, 0.15) is 24.4 Å². The summed E-state index contributed by atoms with van der Waals surface area (Å²) in [6.45, 7) is 5.62. The lowest BCUT2D eigenvalue weighted by molar-refractivity contribution is -0.305. The molecule has 75 heavy (non-hydrogen) atoms. The van der Waals surface area contributed by atoms with Crippen LogP contribution in [0.4, 0.5) is 0 Å². The molecule has 0 aliphatic carbocycles. The fourth-order valence-electron chi connectivity index (χ4n) is 9.02. The number of aliphatic hydroxyl groups excluding tert-OH is 5. The standard InChI is InChI=1S/C64H111NO10/c1-4-7-10-13-16-19-22-24-26-28-30-31-33-36-39-42-45-48-51-57(68)63(72)65-55(56(67)50-47-44-41-38-35-21-18-15-12-9-6-3)54-73-64-62(61(71)60(70)58(53-66)74-64)75-59(69)52-49-46-43-40-37-34-32-29-27-25-23-20-17-14-11-8-5-2/h7,10,16,19,24,26,30-31,36,39,45,47-48,50,55-58,60-62,64,66-68,70-71H,4-6,8-9,11-15,17-18,20-23,25,27-29,32-35,37-38,40-44,46,49,51-54H2,1-3H3,(H,65,72)/b10-7-,19-16-,26-24-,31-30-,39-36-,48-45-,50-47+. The van der Waals surface area contributed by atoms with Gasteiger partial charge in [0.15, 0.2) is 12.4 Å². The zero-order valence-electron chi connectivity index (χ0n) is 47.6. The molecule has 432 valence electrons. The van der Waals surface area contributed by atoms with Gasteiger partial charge < -0.3 is 45.1 Å². The van der Waals surface area contributed by atoms with Crippen LogP contribution in [-0.2, 0) is 23.8 Å². The molecule has 0 radical (unpaired) electrons. The summed E-state index contributed by atoms with van der Waals surface area (Å²) in [5.74, 6) is -1.28. The number of hydrogen-bond acceptors (Lipinski definition) is 10. The number of nitrogens with one attached hydrogen (secondary N) is 1. The van der Waals surface area contributed by atoms with Crippen LogP contribution in [0, 0.1) is 0 Å². The van der Waals surface area contributed by atoms with Crippen molar-refractivity contribution in [2.45, 2.75) is 294 Å². The van der Waals surface area contributed by atoms with Gasteiger partial charge in [-0.3, -0.25) is 9.59 Å². The predicted molar refractivity (Wildman–Crippen MR) is 310 cm³/mol. The Kier molecular flexibility index (Phi) is 48.0. The number of hydrogen-bond donors (Lipinski definition) is 6. The van der Waals surface area contributed by atoms with Crippen molar-refractivity contribution in [1.82, 2.24) is 5.32 Å². The van der Waals surface area contributed by atoms with Crippen molar-refractivity contribution >= 4 is 11.9 Å². The number of rotatable bonds is 50. The summed E-state index contributed by atoms with van der Waals surface area (Å²) in [6, 6.07) is -1.07. The zero-order valence-corrected chi connectivity index (χ0v) is 47.6. The molecule has 8 unspecified atom stereocenters. The molecule has 0 aromatic heterocycles. The lowest BCUT2D eigenvalue weighted by Gasteiger charge is -2.41. The molecular weight excluding hydrogens is 943 g/mol. The molecule has 11 heteroatoms. The van der Waals surface area contributed by atoms with Crippen LogP contribution in [0.25, 0.3) is 0 Å². The van der Waals surface area contributed by atoms with Crippen LogP contribution < -0.4 is 5.32 Å². The molecule has 1 aliphatic heterocycles. The second-order valence-corrected chi connectivity index (χ2v) is 20.7. The van der Waals surface area contributed by atoms with Crippen molar-refractivity contribution in [3.8, 4) is 0 Å². The first-order valence-corrected chi connectivity index (χ1v) is 30.4. The first-order valence-electron chi connectivity index (χ1n) is 30.4. The van der Waals surface area contributed by atoms with Crippen LogP contribution >= 0.6 is 0 Å². The third-order valence-electron chi connectivity index (χ3n) is 13.8. The summed E-state index contributed by atoms with van der Waals surface area (Å²) < 4.78 is 17.6. The molecule has 1 fully saturated rings. The third kappa shape index (κ3) is 39.8. The molecule has 1 aliphatic rings. The van der Waals surface area contributed by atoms with Crippen molar-refractivity contribution in [1.29, 1.82) is 0 Å². The van der Waals surface area contributed by atoms with Crippen molar-refractivity contribution in [3.63, 3.8) is 0 Å². The number of esters is 1. The first-order chi connectivity index (χ1) is 36.7. The Labute approximate surface area is 457 Å². The summed E-state index contributed by atoms with van der Waals surface area (Å²) >= 11 is 0. The van der Waals surface area contributed by atoms with E-state index in [4.69, 9.17) is 14.2 Å². The van der Waals surface area contributed by atoms with Crippen LogP contribution in [0.3, 0.4) is 0 Å². The third-order valence-corrected chi connectivity index (χ3v) is 13.8. The smallest absolute Gasteiger partial charge is 0.306 e. The average Bonchev–Trinajstić information content (AvgIpc) is 3.41. The van der Waals surface area contributed by atoms with E-state index in [-0.39, 0.29) is 19.4 Å². The van der Waals surface area contributed by atoms with E-state index in [0.717, 1.165) is 77.0 Å². The van der Waals surface area contributed by atoms with E-state index in [1.165, 1.54) is 122 Å². The number of amides is 1. The van der Waals surface area contributed by atoms with Crippen LogP contribution in [0.15, 0.2) is 85.1 Å². The fraction of sp³-hybridized carbons (Fsp3) is 0.750. The van der Waals surface area contributed by atoms with Crippen molar-refractivity contribution in [2.24, 2.45) is 0 Å². The molecular formula is C64H111NO10. The van der Waals surface area contributed by atoms with Gasteiger partial charge in [-0.2, -0.15) is 0 Å². The molecule has 0 aromatic rings. The second kappa shape index (κ2) is 51.6. The highest BCUT2D eigenvalue weighted by Crippen LogP contribution is 2.26. The highest BCUT2D eigenvalue weighted by atomic mass is 16.7. The zero-order chi connectivity index (χ0) is 54.7. The largest absolute Gasteiger partial charge is 0.454 e. The molecule has 1 rings (SSSR count). The molecule has 1 saturated heterocycles. The normalized spacial score (nSPS) is 19.8. The fourth-order valence-corrected chi connectivity index (χ4v) is 9.02. The lowest BCUT2D eigenvalue weighted by atomic mass is 9.99. The number of carbonyl (C=O) groups is 2. The molecule has 0 aromatic carbocycles. The Morgan fingerprint density at radius 3 is 1.39 bits per heavy atom. The molecule has 0 bridgehead atoms. The quantitative estimate of drug-likeness (QED) is 0.0195. The van der Waals surface area contributed by atoms with E-state index in [0.29, 0.717) is 12.8 Å². The summed E-state index contributed by atoms with van der Waals surface area (Å²) in [5.41, 5.74) is 0. The summed E-state index contributed by atoms with van der Waals surface area (Å²) in [7, 11) is 0. The maximum atomic E-state index is 13.4. The van der Waals surface area contributed by atoms with Crippen molar-refractivity contribution in [3.05, 3.63) is 85.1 Å². The number of allylic oxidation sites excluding steroid dienone is 12. The number of aliphatic hydroxyl groups is 5. The van der Waals surface area contributed by atoms with E-state index < -0.39 is 67.4 Å². The topological polar surface area (TPSA) is 175 Å². The molecule has 8 atom stereocenters. The molecule has 1 amide bonds. The van der Waals surface area contributed by atoms with Gasteiger partial charge in [0, 0.05) is 12.8 Å². The Morgan fingerprint density at radius 2 is 0.947 bits per heavy atom. The van der Waals surface area contributed by atoms with Gasteiger partial charge in [-0.25, -0.2) is 0 Å². The highest BCUT2D eigenvalue weighted by molar-refractivity contribution is 5.81. The minimum atomic E-state index is -1.63. The van der Waals surface area contributed by atoms with Gasteiger partial charge in [-0.1, -0.05) is 260 Å². The minimum Gasteiger partial charge on any atom is -0.454 e. The Hall–Kier alpha value is -3.16. The van der Waals surface area contributed by atoms with Crippen molar-refractivity contribution < 1.29 is 49.3 Å². The Morgan fingerprint density at radius 1 is 0.533 bits per heavy atom. The van der Waals surface area contributed by atoms with E-state index in [2.05, 4.69) is 80.8 Å². The van der Waals surface area contributed by atoms with Gasteiger partial charge in [-0.15, -0.1) is 0 Å². The monoisotopic (exact) mass is 1050 g/mol. The molecule has 6 N–H and O–H groups in total. The van der Waals surface area contributed by atoms with Gasteiger partial charge in [0.05, 0.1) is 25.4 Å². The summed E-state index contributed by atoms with van der Waals surface area (Å²) in [6.07, 6.45) is 56.4. The first kappa shape index (κ1) is 69.9. The maximum Gasteiger partial charge on any atom is 0.306 e. The van der Waals surface area contributed by atoms with Crippen LogP contribution in [0.2, 0.25) is 0 Å². The molecule has 0 saturated carbocycles. The summed E-state index contributed by atoms with van der Waals surface area (Å²) in [5, 5.41) is 56.8. The number of unbranched alkanes of at least 4 members (excludes halogenated alkanes) is 25. The Balaban J connectivity index is 2.73. The van der Waals surface area contributed by atoms with Gasteiger partial charge in [0.25, 0.3) is 0 Å². The van der Waals surface area contributed by atoms with Crippen LogP contribution in [0.5, 0.6) is 0 Å². The lowest BCUT2D eigenvalue weighted by Crippen LogP contribution is -2.61. The second-order valence-electron chi connectivity index (χ2n) is 20.7. The predicted octanol–water partition coefficient (Wildman–Crippen LogP) is 14.2. The summed E-state index contributed by atoms with van der Waals surface area (Å²) in [4.78, 5) is 26.5. The minimum absolute atomic E-state index is 0.0557. The number of carbonyl (C=O) groups excluding carboxylic acids is 2. The maximum absolute atomic E-state index is 13.4. The van der Waals surface area contributed by atoms with Gasteiger partial charge >= 0.3 is 5.97 Å².